The van der Waals surface area contributed by atoms with Crippen LogP contribution in [0.1, 0.15) is 30.3 Å². The number of imidazole rings is 1. The van der Waals surface area contributed by atoms with E-state index in [0.29, 0.717) is 45.0 Å². The Balaban J connectivity index is 1.60. The fourth-order valence-corrected chi connectivity index (χ4v) is 5.43. The molecule has 0 aliphatic carbocycles. The Morgan fingerprint density at radius 1 is 1.14 bits per heavy atom. The summed E-state index contributed by atoms with van der Waals surface area (Å²) in [6, 6.07) is 12.6. The first-order valence-electron chi connectivity index (χ1n) is 12.7. The topological polar surface area (TPSA) is 59.4 Å². The largest absolute Gasteiger partial charge is 0.381 e. The van der Waals surface area contributed by atoms with Crippen LogP contribution in [0.4, 0.5) is 13.2 Å². The fourth-order valence-electron chi connectivity index (χ4n) is 5.43. The van der Waals surface area contributed by atoms with Crippen LogP contribution in [0.3, 0.4) is 0 Å². The van der Waals surface area contributed by atoms with Crippen LogP contribution < -0.4 is 5.32 Å². The molecule has 5 rings (SSSR count). The average Bonchev–Trinajstić information content (AvgIpc) is 3.52. The van der Waals surface area contributed by atoms with Crippen LogP contribution in [0.2, 0.25) is 0 Å². The number of hydrogen-bond donors (Lipinski definition) is 1. The lowest BCUT2D eigenvalue weighted by Gasteiger charge is -2.37. The lowest BCUT2D eigenvalue weighted by molar-refractivity contribution is -0.123. The van der Waals surface area contributed by atoms with Crippen LogP contribution in [-0.2, 0) is 16.1 Å². The highest BCUT2D eigenvalue weighted by atomic mass is 19.1. The number of ether oxygens (including phenoxy) is 1. The highest BCUT2D eigenvalue weighted by Gasteiger charge is 2.37. The Labute approximate surface area is 214 Å². The van der Waals surface area contributed by atoms with Crippen LogP contribution >= 0.6 is 0 Å². The summed E-state index contributed by atoms with van der Waals surface area (Å²) in [5.74, 6) is -0.875. The number of hydrogen-bond acceptors (Lipinski definition) is 4. The van der Waals surface area contributed by atoms with Crippen molar-refractivity contribution >= 4 is 6.41 Å². The van der Waals surface area contributed by atoms with Crippen LogP contribution in [0, 0.1) is 23.5 Å². The summed E-state index contributed by atoms with van der Waals surface area (Å²) < 4.78 is 50.9. The second-order valence-corrected chi connectivity index (χ2v) is 9.85. The third-order valence-corrected chi connectivity index (χ3v) is 7.38. The molecule has 0 saturated carbocycles. The SMILES string of the molecule is O=CN(CC1CNCC1F)C(c1nc(-c2cc(F)ccc2F)cn1Cc1ccccc1)C1CCOCC1. The number of amides is 1. The van der Waals surface area contributed by atoms with E-state index in [1.807, 2.05) is 34.9 Å². The van der Waals surface area contributed by atoms with E-state index in [1.54, 1.807) is 11.1 Å². The van der Waals surface area contributed by atoms with E-state index in [2.05, 4.69) is 5.32 Å². The summed E-state index contributed by atoms with van der Waals surface area (Å²) >= 11 is 0. The van der Waals surface area contributed by atoms with Gasteiger partial charge in [0, 0.05) is 57.1 Å². The Kier molecular flexibility index (Phi) is 7.90. The molecular formula is C28H31F3N4O2. The summed E-state index contributed by atoms with van der Waals surface area (Å²) in [6.45, 7) is 2.53. The van der Waals surface area contributed by atoms with E-state index in [-0.39, 0.29) is 36.2 Å². The van der Waals surface area contributed by atoms with E-state index >= 15 is 0 Å². The van der Waals surface area contributed by atoms with Gasteiger partial charge in [-0.05, 0) is 42.5 Å². The van der Waals surface area contributed by atoms with Crippen molar-refractivity contribution in [3.63, 3.8) is 0 Å². The predicted octanol–water partition coefficient (Wildman–Crippen LogP) is 4.36. The minimum atomic E-state index is -1.04. The molecule has 2 fully saturated rings. The second kappa shape index (κ2) is 11.5. The Morgan fingerprint density at radius 2 is 1.92 bits per heavy atom. The molecule has 196 valence electrons. The zero-order valence-corrected chi connectivity index (χ0v) is 20.5. The van der Waals surface area contributed by atoms with Gasteiger partial charge in [0.15, 0.2) is 0 Å². The summed E-state index contributed by atoms with van der Waals surface area (Å²) in [4.78, 5) is 19.0. The maximum absolute atomic E-state index is 14.8. The second-order valence-electron chi connectivity index (χ2n) is 9.85. The monoisotopic (exact) mass is 512 g/mol. The van der Waals surface area contributed by atoms with Crippen molar-refractivity contribution < 1.29 is 22.7 Å². The number of rotatable bonds is 9. The number of nitrogens with zero attached hydrogens (tertiary/aromatic N) is 3. The summed E-state index contributed by atoms with van der Waals surface area (Å²) in [5.41, 5.74) is 1.34. The van der Waals surface area contributed by atoms with Gasteiger partial charge in [0.25, 0.3) is 0 Å². The molecular weight excluding hydrogens is 481 g/mol. The van der Waals surface area contributed by atoms with Crippen LogP contribution in [0.25, 0.3) is 11.3 Å². The standard InChI is InChI=1S/C28H31F3N4O2/c29-22-6-7-24(30)23(12-22)26-17-34(15-19-4-2-1-3-5-19)28(33-26)27(20-8-10-37-11-9-20)35(18-36)16-21-13-32-14-25(21)31/h1-7,12,17-18,20-21,25,27,32H,8-11,13-16H2. The first-order valence-corrected chi connectivity index (χ1v) is 12.7. The molecule has 3 heterocycles. The number of carbonyl (C=O) groups excluding carboxylic acids is 1. The Morgan fingerprint density at radius 3 is 2.62 bits per heavy atom. The molecule has 6 nitrogen and oxygen atoms in total. The molecule has 3 aromatic rings. The summed E-state index contributed by atoms with van der Waals surface area (Å²) in [6.07, 6.45) is 2.86. The molecule has 1 N–H and O–H groups in total. The van der Waals surface area contributed by atoms with Gasteiger partial charge in [-0.2, -0.15) is 0 Å². The third-order valence-electron chi connectivity index (χ3n) is 7.38. The molecule has 3 atom stereocenters. The van der Waals surface area contributed by atoms with Gasteiger partial charge in [-0.15, -0.1) is 0 Å². The molecule has 0 radical (unpaired) electrons. The first-order chi connectivity index (χ1) is 18.0. The lowest BCUT2D eigenvalue weighted by Crippen LogP contribution is -2.41. The van der Waals surface area contributed by atoms with E-state index < -0.39 is 23.8 Å². The van der Waals surface area contributed by atoms with Gasteiger partial charge in [-0.1, -0.05) is 30.3 Å². The zero-order chi connectivity index (χ0) is 25.8. The Hall–Kier alpha value is -3.17. The molecule has 3 unspecified atom stereocenters. The van der Waals surface area contributed by atoms with Crippen molar-refractivity contribution in [2.75, 3.05) is 32.8 Å². The normalized spacial score (nSPS) is 21.2. The molecule has 0 spiro atoms. The van der Waals surface area contributed by atoms with Gasteiger partial charge < -0.3 is 19.5 Å². The van der Waals surface area contributed by atoms with E-state index in [9.17, 15) is 18.0 Å². The number of carbonyl (C=O) groups is 1. The fraction of sp³-hybridized carbons (Fsp3) is 0.429. The predicted molar refractivity (Wildman–Crippen MR) is 133 cm³/mol. The molecule has 2 aliphatic heterocycles. The van der Waals surface area contributed by atoms with Gasteiger partial charge >= 0.3 is 0 Å². The first kappa shape index (κ1) is 25.5. The van der Waals surface area contributed by atoms with Crippen molar-refractivity contribution in [1.29, 1.82) is 0 Å². The van der Waals surface area contributed by atoms with Crippen molar-refractivity contribution in [1.82, 2.24) is 19.8 Å². The van der Waals surface area contributed by atoms with Crippen LogP contribution in [-0.4, -0.2) is 59.9 Å². The maximum Gasteiger partial charge on any atom is 0.210 e. The van der Waals surface area contributed by atoms with Crippen molar-refractivity contribution in [2.24, 2.45) is 11.8 Å². The van der Waals surface area contributed by atoms with Crippen molar-refractivity contribution in [3.8, 4) is 11.3 Å². The molecule has 37 heavy (non-hydrogen) atoms. The van der Waals surface area contributed by atoms with Gasteiger partial charge in [-0.3, -0.25) is 4.79 Å². The smallest absolute Gasteiger partial charge is 0.210 e. The summed E-state index contributed by atoms with van der Waals surface area (Å²) in [7, 11) is 0. The molecule has 0 bridgehead atoms. The molecule has 9 heteroatoms. The highest BCUT2D eigenvalue weighted by molar-refractivity contribution is 5.60. The van der Waals surface area contributed by atoms with E-state index in [1.165, 1.54) is 0 Å². The van der Waals surface area contributed by atoms with Gasteiger partial charge in [0.05, 0.1) is 11.7 Å². The molecule has 2 aromatic carbocycles. The minimum absolute atomic E-state index is 0.0218. The number of alkyl halides is 1. The van der Waals surface area contributed by atoms with E-state index in [0.717, 1.165) is 30.2 Å². The minimum Gasteiger partial charge on any atom is -0.381 e. The third kappa shape index (κ3) is 5.72. The molecule has 2 saturated heterocycles. The lowest BCUT2D eigenvalue weighted by atomic mass is 9.89. The maximum atomic E-state index is 14.8. The highest BCUT2D eigenvalue weighted by Crippen LogP contribution is 2.37. The molecule has 1 aromatic heterocycles. The van der Waals surface area contributed by atoms with E-state index in [4.69, 9.17) is 9.72 Å². The van der Waals surface area contributed by atoms with Gasteiger partial charge in [-0.25, -0.2) is 18.2 Å². The van der Waals surface area contributed by atoms with Gasteiger partial charge in [0.1, 0.15) is 23.6 Å². The van der Waals surface area contributed by atoms with Gasteiger partial charge in [0.2, 0.25) is 6.41 Å². The number of benzene rings is 2. The number of halogens is 3. The number of nitrogens with one attached hydrogen (secondary N) is 1. The average molecular weight is 513 g/mol. The van der Waals surface area contributed by atoms with Crippen LogP contribution in [0.15, 0.2) is 54.7 Å². The van der Waals surface area contributed by atoms with Crippen LogP contribution in [0.5, 0.6) is 0 Å². The Bertz CT molecular complexity index is 1200. The molecule has 1 amide bonds. The summed E-state index contributed by atoms with van der Waals surface area (Å²) in [5, 5.41) is 3.06. The quantitative estimate of drug-likeness (QED) is 0.433. The number of aromatic nitrogens is 2. The van der Waals surface area contributed by atoms with Crippen molar-refractivity contribution in [2.45, 2.75) is 31.6 Å². The molecule has 2 aliphatic rings. The van der Waals surface area contributed by atoms with Crippen molar-refractivity contribution in [3.05, 3.63) is 77.8 Å². The zero-order valence-electron chi connectivity index (χ0n) is 20.5.